The van der Waals surface area contributed by atoms with E-state index in [0.29, 0.717) is 32.4 Å². The van der Waals surface area contributed by atoms with Crippen LogP contribution in [0, 0.1) is 11.6 Å². The summed E-state index contributed by atoms with van der Waals surface area (Å²) < 4.78 is 46.1. The van der Waals surface area contributed by atoms with Gasteiger partial charge in [0.05, 0.1) is 13.2 Å². The number of nitrogens with two attached hydrogens (primary N) is 1. The highest BCUT2D eigenvalue weighted by Crippen LogP contribution is 2.33. The smallest absolute Gasteiger partial charge is 0.339 e. The Labute approximate surface area is 229 Å². The highest BCUT2D eigenvalue weighted by atomic mass is 19.1. The number of rotatable bonds is 9. The number of carbonyl (C=O) groups is 1. The van der Waals surface area contributed by atoms with Gasteiger partial charge in [-0.1, -0.05) is 36.4 Å². The third-order valence-corrected chi connectivity index (χ3v) is 6.40. The third kappa shape index (κ3) is 6.42. The lowest BCUT2D eigenvalue weighted by molar-refractivity contribution is 0.0342. The summed E-state index contributed by atoms with van der Waals surface area (Å²) in [5.41, 5.74) is 8.96. The van der Waals surface area contributed by atoms with E-state index in [1.165, 1.54) is 12.1 Å². The van der Waals surface area contributed by atoms with Crippen LogP contribution in [0.5, 0.6) is 23.3 Å². The Hall–Kier alpha value is -4.38. The molecule has 2 heterocycles. The van der Waals surface area contributed by atoms with Crippen molar-refractivity contribution in [1.29, 1.82) is 0 Å². The highest BCUT2D eigenvalue weighted by molar-refractivity contribution is 5.91. The SMILES string of the molecule is NCc1cccc(-c2cccc(Oc3nc(Oc4cc(CN5CCOCC5)ccc4C(=O)O)c(F)cc3F)c2)c1. The monoisotopic (exact) mass is 547 g/mol. The summed E-state index contributed by atoms with van der Waals surface area (Å²) in [6.45, 7) is 3.58. The van der Waals surface area contributed by atoms with E-state index in [2.05, 4.69) is 9.88 Å². The molecule has 0 aliphatic carbocycles. The molecule has 3 N–H and O–H groups in total. The first-order chi connectivity index (χ1) is 19.4. The molecule has 0 spiro atoms. The molecule has 3 aromatic carbocycles. The van der Waals surface area contributed by atoms with Crippen molar-refractivity contribution in [2.24, 2.45) is 5.73 Å². The minimum atomic E-state index is -1.26. The van der Waals surface area contributed by atoms with Crippen molar-refractivity contribution in [2.45, 2.75) is 13.1 Å². The van der Waals surface area contributed by atoms with Gasteiger partial charge in [-0.2, -0.15) is 4.98 Å². The Bertz CT molecular complexity index is 1530. The van der Waals surface area contributed by atoms with E-state index in [9.17, 15) is 18.7 Å². The summed E-state index contributed by atoms with van der Waals surface area (Å²) in [4.78, 5) is 17.9. The standard InChI is InChI=1S/C30H27F2N3O5/c31-25-16-26(32)29(40-27-14-20(7-8-24(27)30(36)37)18-35-9-11-38-12-10-35)34-28(25)39-23-6-2-5-22(15-23)21-4-1-3-19(13-21)17-33/h1-8,13-16H,9-12,17-18,33H2,(H,36,37). The van der Waals surface area contributed by atoms with E-state index < -0.39 is 29.4 Å². The van der Waals surface area contributed by atoms with E-state index >= 15 is 0 Å². The van der Waals surface area contributed by atoms with Crippen molar-refractivity contribution >= 4 is 5.97 Å². The fourth-order valence-electron chi connectivity index (χ4n) is 4.35. The lowest BCUT2D eigenvalue weighted by Crippen LogP contribution is -2.35. The van der Waals surface area contributed by atoms with Crippen LogP contribution in [0.2, 0.25) is 0 Å². The zero-order valence-corrected chi connectivity index (χ0v) is 21.5. The van der Waals surface area contributed by atoms with Crippen LogP contribution in [0.3, 0.4) is 0 Å². The molecule has 1 aliphatic rings. The first-order valence-corrected chi connectivity index (χ1v) is 12.7. The summed E-state index contributed by atoms with van der Waals surface area (Å²) >= 11 is 0. The Morgan fingerprint density at radius 3 is 2.33 bits per heavy atom. The number of aromatic nitrogens is 1. The minimum absolute atomic E-state index is 0.121. The Morgan fingerprint density at radius 2 is 1.60 bits per heavy atom. The number of benzene rings is 3. The highest BCUT2D eigenvalue weighted by Gasteiger charge is 2.20. The maximum Gasteiger partial charge on any atom is 0.339 e. The number of hydrogen-bond acceptors (Lipinski definition) is 7. The Balaban J connectivity index is 1.41. The quantitative estimate of drug-likeness (QED) is 0.279. The van der Waals surface area contributed by atoms with E-state index in [0.717, 1.165) is 35.3 Å². The number of carboxylic acids is 1. The van der Waals surface area contributed by atoms with Gasteiger partial charge >= 0.3 is 5.97 Å². The molecular formula is C30H27F2N3O5. The number of morpholine rings is 1. The van der Waals surface area contributed by atoms with Crippen molar-refractivity contribution in [1.82, 2.24) is 9.88 Å². The predicted octanol–water partition coefficient (Wildman–Crippen LogP) is 5.60. The van der Waals surface area contributed by atoms with Gasteiger partial charge in [-0.3, -0.25) is 4.90 Å². The number of carboxylic acid groups (broad SMARTS) is 1. The van der Waals surface area contributed by atoms with E-state index in [1.807, 2.05) is 30.3 Å². The van der Waals surface area contributed by atoms with Gasteiger partial charge < -0.3 is 25.1 Å². The maximum atomic E-state index is 14.8. The molecule has 0 unspecified atom stereocenters. The molecule has 206 valence electrons. The molecule has 1 fully saturated rings. The molecule has 40 heavy (non-hydrogen) atoms. The molecule has 1 aliphatic heterocycles. The first-order valence-electron chi connectivity index (χ1n) is 12.7. The fraction of sp³-hybridized carbons (Fsp3) is 0.200. The largest absolute Gasteiger partial charge is 0.478 e. The van der Waals surface area contributed by atoms with E-state index in [4.69, 9.17) is 19.9 Å². The predicted molar refractivity (Wildman–Crippen MR) is 144 cm³/mol. The van der Waals surface area contributed by atoms with E-state index in [-0.39, 0.29) is 17.1 Å². The summed E-state index contributed by atoms with van der Waals surface area (Å²) in [5, 5.41) is 9.66. The van der Waals surface area contributed by atoms with Crippen molar-refractivity contribution in [2.75, 3.05) is 26.3 Å². The topological polar surface area (TPSA) is 107 Å². The minimum Gasteiger partial charge on any atom is -0.478 e. The Kier molecular flexibility index (Phi) is 8.30. The molecule has 1 aromatic heterocycles. The second-order valence-electron chi connectivity index (χ2n) is 9.22. The van der Waals surface area contributed by atoms with Crippen molar-refractivity contribution in [3.63, 3.8) is 0 Å². The van der Waals surface area contributed by atoms with Gasteiger partial charge in [-0.15, -0.1) is 0 Å². The fourth-order valence-corrected chi connectivity index (χ4v) is 4.35. The van der Waals surface area contributed by atoms with Crippen LogP contribution in [-0.2, 0) is 17.8 Å². The second kappa shape index (κ2) is 12.2. The average Bonchev–Trinajstić information content (AvgIpc) is 2.96. The summed E-state index contributed by atoms with van der Waals surface area (Å²) in [6.07, 6.45) is 0. The zero-order valence-electron chi connectivity index (χ0n) is 21.5. The number of hydrogen-bond donors (Lipinski definition) is 2. The Morgan fingerprint density at radius 1 is 0.900 bits per heavy atom. The molecular weight excluding hydrogens is 520 g/mol. The normalized spacial score (nSPS) is 13.7. The van der Waals surface area contributed by atoms with Crippen molar-refractivity contribution in [3.8, 4) is 34.4 Å². The molecule has 0 atom stereocenters. The lowest BCUT2D eigenvalue weighted by Gasteiger charge is -2.26. The zero-order chi connectivity index (χ0) is 28.1. The van der Waals surface area contributed by atoms with Gasteiger partial charge in [-0.05, 0) is 52.6 Å². The van der Waals surface area contributed by atoms with E-state index in [1.54, 1.807) is 24.3 Å². The van der Waals surface area contributed by atoms with Crippen LogP contribution < -0.4 is 15.2 Å². The molecule has 0 amide bonds. The lowest BCUT2D eigenvalue weighted by atomic mass is 10.0. The van der Waals surface area contributed by atoms with Crippen molar-refractivity contribution in [3.05, 3.63) is 101 Å². The molecule has 0 saturated carbocycles. The van der Waals surface area contributed by atoms with Crippen molar-refractivity contribution < 1.29 is 32.9 Å². The molecule has 0 bridgehead atoms. The molecule has 10 heteroatoms. The van der Waals surface area contributed by atoms with Gasteiger partial charge in [0.25, 0.3) is 11.8 Å². The molecule has 5 rings (SSSR count). The van der Waals surface area contributed by atoms with Crippen LogP contribution in [0.15, 0.2) is 72.8 Å². The van der Waals surface area contributed by atoms with Gasteiger partial charge in [0.1, 0.15) is 17.1 Å². The van der Waals surface area contributed by atoms with Gasteiger partial charge in [0, 0.05) is 32.2 Å². The number of pyridine rings is 1. The number of halogens is 2. The van der Waals surface area contributed by atoms with Crippen LogP contribution in [0.25, 0.3) is 11.1 Å². The maximum absolute atomic E-state index is 14.8. The average molecular weight is 548 g/mol. The number of ether oxygens (including phenoxy) is 3. The van der Waals surface area contributed by atoms with Gasteiger partial charge in [-0.25, -0.2) is 13.6 Å². The van der Waals surface area contributed by atoms with Crippen LogP contribution >= 0.6 is 0 Å². The van der Waals surface area contributed by atoms with Gasteiger partial charge in [0.2, 0.25) is 0 Å². The molecule has 0 radical (unpaired) electrons. The summed E-state index contributed by atoms with van der Waals surface area (Å²) in [7, 11) is 0. The first kappa shape index (κ1) is 27.2. The molecule has 8 nitrogen and oxygen atoms in total. The summed E-state index contributed by atoms with van der Waals surface area (Å²) in [6, 6.07) is 19.7. The molecule has 4 aromatic rings. The van der Waals surface area contributed by atoms with Gasteiger partial charge in [0.15, 0.2) is 11.6 Å². The van der Waals surface area contributed by atoms with Crippen LogP contribution in [0.1, 0.15) is 21.5 Å². The molecule has 1 saturated heterocycles. The third-order valence-electron chi connectivity index (χ3n) is 6.40. The van der Waals surface area contributed by atoms with Crippen LogP contribution in [0.4, 0.5) is 8.78 Å². The summed E-state index contributed by atoms with van der Waals surface area (Å²) in [5.74, 6) is -4.41. The van der Waals surface area contributed by atoms with Crippen LogP contribution in [-0.4, -0.2) is 47.3 Å². The second-order valence-corrected chi connectivity index (χ2v) is 9.22. The number of nitrogens with zero attached hydrogens (tertiary/aromatic N) is 2. The number of aromatic carboxylic acids is 1.